The molecule has 0 spiro atoms. The molecule has 1 fully saturated rings. The molecule has 1 aliphatic rings. The molecule has 1 N–H and O–H groups in total. The first kappa shape index (κ1) is 9.15. The number of hydrogen-bond acceptors (Lipinski definition) is 3. The van der Waals surface area contributed by atoms with Crippen LogP contribution in [0.25, 0.3) is 5.65 Å². The zero-order chi connectivity index (χ0) is 10.3. The van der Waals surface area contributed by atoms with Gasteiger partial charge in [0.15, 0.2) is 5.65 Å². The van der Waals surface area contributed by atoms with E-state index >= 15 is 0 Å². The normalized spacial score (nSPS) is 16.6. The number of anilines is 1. The van der Waals surface area contributed by atoms with Gasteiger partial charge in [0.2, 0.25) is 0 Å². The van der Waals surface area contributed by atoms with Gasteiger partial charge in [-0.25, -0.2) is 9.50 Å². The maximum atomic E-state index is 4.45. The molecule has 0 aromatic carbocycles. The number of rotatable bonds is 2. The number of imidazole rings is 1. The summed E-state index contributed by atoms with van der Waals surface area (Å²) < 4.78 is 2.68. The van der Waals surface area contributed by atoms with E-state index in [0.717, 1.165) is 16.1 Å². The van der Waals surface area contributed by atoms with Gasteiger partial charge in [-0.2, -0.15) is 0 Å². The molecule has 2 heterocycles. The van der Waals surface area contributed by atoms with Crippen molar-refractivity contribution in [3.05, 3.63) is 22.9 Å². The van der Waals surface area contributed by atoms with Crippen LogP contribution in [0, 0.1) is 0 Å². The quantitative estimate of drug-likeness (QED) is 0.908. The van der Waals surface area contributed by atoms with Gasteiger partial charge >= 0.3 is 0 Å². The number of aromatic nitrogens is 3. The van der Waals surface area contributed by atoms with Crippen LogP contribution in [-0.4, -0.2) is 20.6 Å². The van der Waals surface area contributed by atoms with Gasteiger partial charge in [-0.1, -0.05) is 0 Å². The Bertz CT molecular complexity index is 489. The number of hydrogen-bond donors (Lipinski definition) is 1. The summed E-state index contributed by atoms with van der Waals surface area (Å²) in [6, 6.07) is 4.56. The second-order valence-corrected chi connectivity index (χ2v) is 4.65. The molecule has 1 aliphatic carbocycles. The lowest BCUT2D eigenvalue weighted by atomic mass is 9.93. The first-order valence-corrected chi connectivity index (χ1v) is 5.89. The maximum Gasteiger partial charge on any atom is 0.154 e. The van der Waals surface area contributed by atoms with Crippen LogP contribution in [-0.2, 0) is 0 Å². The molecule has 78 valence electrons. The summed E-state index contributed by atoms with van der Waals surface area (Å²) >= 11 is 3.41. The molecule has 4 nitrogen and oxygen atoms in total. The second kappa shape index (κ2) is 3.48. The maximum absolute atomic E-state index is 4.45. The molecule has 0 saturated heterocycles. The van der Waals surface area contributed by atoms with Gasteiger partial charge in [-0.05, 0) is 47.3 Å². The lowest BCUT2D eigenvalue weighted by molar-refractivity contribution is 0.444. The Morgan fingerprint density at radius 1 is 1.40 bits per heavy atom. The monoisotopic (exact) mass is 266 g/mol. The van der Waals surface area contributed by atoms with Gasteiger partial charge in [0.05, 0.1) is 6.20 Å². The van der Waals surface area contributed by atoms with Gasteiger partial charge in [-0.15, -0.1) is 5.10 Å². The highest BCUT2D eigenvalue weighted by Gasteiger charge is 2.17. The van der Waals surface area contributed by atoms with Crippen molar-refractivity contribution in [2.75, 3.05) is 5.32 Å². The molecule has 1 saturated carbocycles. The molecule has 2 aromatic rings. The van der Waals surface area contributed by atoms with Crippen LogP contribution in [0.5, 0.6) is 0 Å². The van der Waals surface area contributed by atoms with Crippen LogP contribution in [0.3, 0.4) is 0 Å². The van der Waals surface area contributed by atoms with Crippen LogP contribution in [0.1, 0.15) is 19.3 Å². The Balaban J connectivity index is 1.93. The van der Waals surface area contributed by atoms with Gasteiger partial charge in [-0.3, -0.25) is 0 Å². The summed E-state index contributed by atoms with van der Waals surface area (Å²) in [6.45, 7) is 0. The zero-order valence-electron chi connectivity index (χ0n) is 8.15. The molecule has 0 radical (unpaired) electrons. The summed E-state index contributed by atoms with van der Waals surface area (Å²) in [4.78, 5) is 4.20. The minimum Gasteiger partial charge on any atom is -0.366 e. The summed E-state index contributed by atoms with van der Waals surface area (Å²) in [5.74, 6) is 0.922. The topological polar surface area (TPSA) is 42.2 Å². The van der Waals surface area contributed by atoms with E-state index in [0.29, 0.717) is 6.04 Å². The van der Waals surface area contributed by atoms with Crippen molar-refractivity contribution in [3.8, 4) is 0 Å². The third kappa shape index (κ3) is 1.61. The highest BCUT2D eigenvalue weighted by molar-refractivity contribution is 9.10. The summed E-state index contributed by atoms with van der Waals surface area (Å²) in [7, 11) is 0. The highest BCUT2D eigenvalue weighted by atomic mass is 79.9. The fourth-order valence-electron chi connectivity index (χ4n) is 1.68. The van der Waals surface area contributed by atoms with Gasteiger partial charge in [0.1, 0.15) is 10.4 Å². The Morgan fingerprint density at radius 3 is 3.00 bits per heavy atom. The summed E-state index contributed by atoms with van der Waals surface area (Å²) in [5.41, 5.74) is 0.862. The molecular weight excluding hydrogens is 256 g/mol. The van der Waals surface area contributed by atoms with Crippen molar-refractivity contribution < 1.29 is 0 Å². The lowest BCUT2D eigenvalue weighted by Gasteiger charge is -2.26. The van der Waals surface area contributed by atoms with Gasteiger partial charge < -0.3 is 5.32 Å². The molecule has 0 aliphatic heterocycles. The van der Waals surface area contributed by atoms with E-state index in [4.69, 9.17) is 0 Å². The van der Waals surface area contributed by atoms with Gasteiger partial charge in [0, 0.05) is 6.04 Å². The number of halogens is 1. The van der Waals surface area contributed by atoms with E-state index in [2.05, 4.69) is 31.3 Å². The van der Waals surface area contributed by atoms with Crippen LogP contribution in [0.2, 0.25) is 0 Å². The van der Waals surface area contributed by atoms with Crippen LogP contribution < -0.4 is 5.32 Å². The molecule has 0 bridgehead atoms. The zero-order valence-corrected chi connectivity index (χ0v) is 9.74. The Labute approximate surface area is 95.8 Å². The van der Waals surface area contributed by atoms with Crippen molar-refractivity contribution in [2.45, 2.75) is 25.3 Å². The predicted octanol–water partition coefficient (Wildman–Crippen LogP) is 2.46. The molecule has 15 heavy (non-hydrogen) atoms. The molecule has 0 unspecified atom stereocenters. The van der Waals surface area contributed by atoms with E-state index in [1.165, 1.54) is 19.3 Å². The van der Waals surface area contributed by atoms with Gasteiger partial charge in [0.25, 0.3) is 0 Å². The number of fused-ring (bicyclic) bond motifs is 1. The number of nitrogens with zero attached hydrogens (tertiary/aromatic N) is 3. The van der Waals surface area contributed by atoms with Crippen LogP contribution >= 0.6 is 15.9 Å². The molecule has 0 amide bonds. The van der Waals surface area contributed by atoms with Crippen molar-refractivity contribution in [1.82, 2.24) is 14.6 Å². The average Bonchev–Trinajstić information content (AvgIpc) is 2.55. The van der Waals surface area contributed by atoms with Crippen molar-refractivity contribution in [3.63, 3.8) is 0 Å². The Kier molecular flexibility index (Phi) is 2.12. The Morgan fingerprint density at radius 2 is 2.27 bits per heavy atom. The number of nitrogens with one attached hydrogen (secondary N) is 1. The largest absolute Gasteiger partial charge is 0.366 e. The van der Waals surface area contributed by atoms with E-state index in [1.54, 1.807) is 10.7 Å². The molecule has 5 heteroatoms. The van der Waals surface area contributed by atoms with Crippen molar-refractivity contribution in [2.24, 2.45) is 0 Å². The van der Waals surface area contributed by atoms with E-state index < -0.39 is 0 Å². The predicted molar refractivity (Wildman–Crippen MR) is 61.9 cm³/mol. The summed E-state index contributed by atoms with van der Waals surface area (Å²) in [6.07, 6.45) is 5.60. The minimum atomic E-state index is 0.609. The molecule has 0 atom stereocenters. The fourth-order valence-corrected chi connectivity index (χ4v) is 2.05. The molecular formula is C10H11BrN4. The third-order valence-corrected chi connectivity index (χ3v) is 3.32. The van der Waals surface area contributed by atoms with Crippen molar-refractivity contribution >= 4 is 27.4 Å². The SMILES string of the molecule is Brc1cnc2ccc(NC3CCC3)nn12. The van der Waals surface area contributed by atoms with Crippen LogP contribution in [0.15, 0.2) is 22.9 Å². The van der Waals surface area contributed by atoms with E-state index in [-0.39, 0.29) is 0 Å². The van der Waals surface area contributed by atoms with Crippen molar-refractivity contribution in [1.29, 1.82) is 0 Å². The average molecular weight is 267 g/mol. The first-order valence-electron chi connectivity index (χ1n) is 5.10. The smallest absolute Gasteiger partial charge is 0.154 e. The fraction of sp³-hybridized carbons (Fsp3) is 0.400. The lowest BCUT2D eigenvalue weighted by Crippen LogP contribution is -2.27. The third-order valence-electron chi connectivity index (χ3n) is 2.78. The highest BCUT2D eigenvalue weighted by Crippen LogP contribution is 2.22. The molecule has 2 aromatic heterocycles. The minimum absolute atomic E-state index is 0.609. The molecule has 3 rings (SSSR count). The van der Waals surface area contributed by atoms with Crippen LogP contribution in [0.4, 0.5) is 5.82 Å². The first-order chi connectivity index (χ1) is 7.33. The van der Waals surface area contributed by atoms with E-state index in [9.17, 15) is 0 Å². The summed E-state index contributed by atoms with van der Waals surface area (Å²) in [5, 5.41) is 7.86. The second-order valence-electron chi connectivity index (χ2n) is 3.84. The Hall–Kier alpha value is -1.10. The van der Waals surface area contributed by atoms with E-state index in [1.807, 2.05) is 12.1 Å². The standard InChI is InChI=1S/C10H11BrN4/c11-8-6-12-10-5-4-9(14-15(8)10)13-7-2-1-3-7/h4-7H,1-3H2,(H,13,14).